The molecule has 0 bridgehead atoms. The van der Waals surface area contributed by atoms with Crippen molar-refractivity contribution >= 4 is 40.8 Å². The number of para-hydroxylation sites is 1. The van der Waals surface area contributed by atoms with E-state index in [1.165, 1.54) is 18.2 Å². The first-order valence-electron chi connectivity index (χ1n) is 7.52. The Morgan fingerprint density at radius 2 is 1.88 bits per heavy atom. The molecule has 0 aromatic heterocycles. The van der Waals surface area contributed by atoms with E-state index in [4.69, 9.17) is 27.9 Å². The average molecular weight is 364 g/mol. The summed E-state index contributed by atoms with van der Waals surface area (Å²) in [7, 11) is 0. The number of ether oxygens (including phenoxy) is 1. The number of carbonyl (C=O) groups excluding carboxylic acids is 2. The van der Waals surface area contributed by atoms with Crippen LogP contribution in [-0.4, -0.2) is 24.5 Å². The lowest BCUT2D eigenvalue weighted by atomic mass is 10.2. The van der Waals surface area contributed by atoms with E-state index in [1.807, 2.05) is 24.3 Å². The highest BCUT2D eigenvalue weighted by Crippen LogP contribution is 2.28. The van der Waals surface area contributed by atoms with Crippen molar-refractivity contribution in [2.75, 3.05) is 11.4 Å². The van der Waals surface area contributed by atoms with E-state index in [0.717, 1.165) is 17.7 Å². The van der Waals surface area contributed by atoms with Crippen LogP contribution in [0.4, 0.5) is 5.69 Å². The van der Waals surface area contributed by atoms with Gasteiger partial charge in [0.25, 0.3) is 5.91 Å². The third kappa shape index (κ3) is 3.25. The summed E-state index contributed by atoms with van der Waals surface area (Å²) >= 11 is 11.7. The van der Waals surface area contributed by atoms with Gasteiger partial charge >= 0.3 is 5.97 Å². The molecular formula is C18H15Cl2NO3. The fraction of sp³-hybridized carbons (Fsp3) is 0.222. The Hall–Kier alpha value is -2.04. The third-order valence-electron chi connectivity index (χ3n) is 3.94. The number of esters is 1. The molecule has 2 aromatic rings. The van der Waals surface area contributed by atoms with E-state index in [2.05, 4.69) is 0 Å². The molecule has 0 saturated heterocycles. The largest absolute Gasteiger partial charge is 0.449 e. The first-order valence-corrected chi connectivity index (χ1v) is 8.28. The smallest absolute Gasteiger partial charge is 0.338 e. The second-order valence-electron chi connectivity index (χ2n) is 5.55. The molecule has 6 heteroatoms. The van der Waals surface area contributed by atoms with Crippen molar-refractivity contribution in [3.05, 3.63) is 63.6 Å². The zero-order valence-corrected chi connectivity index (χ0v) is 14.5. The first-order chi connectivity index (χ1) is 11.5. The van der Waals surface area contributed by atoms with Gasteiger partial charge in [-0.15, -0.1) is 0 Å². The molecule has 124 valence electrons. The highest BCUT2D eigenvalue weighted by Gasteiger charge is 2.30. The van der Waals surface area contributed by atoms with Gasteiger partial charge in [0.05, 0.1) is 15.6 Å². The van der Waals surface area contributed by atoms with Crippen LogP contribution in [0.5, 0.6) is 0 Å². The van der Waals surface area contributed by atoms with Crippen LogP contribution >= 0.6 is 23.2 Å². The fourth-order valence-electron chi connectivity index (χ4n) is 2.69. The third-order valence-corrected chi connectivity index (χ3v) is 4.68. The predicted octanol–water partition coefficient (Wildman–Crippen LogP) is 4.13. The maximum Gasteiger partial charge on any atom is 0.338 e. The van der Waals surface area contributed by atoms with Crippen molar-refractivity contribution < 1.29 is 14.3 Å². The van der Waals surface area contributed by atoms with Crippen LogP contribution in [0.15, 0.2) is 42.5 Å². The molecule has 24 heavy (non-hydrogen) atoms. The van der Waals surface area contributed by atoms with Crippen LogP contribution in [0, 0.1) is 0 Å². The Kier molecular flexibility index (Phi) is 4.78. The quantitative estimate of drug-likeness (QED) is 0.770. The molecule has 0 aliphatic carbocycles. The van der Waals surface area contributed by atoms with Gasteiger partial charge in [-0.25, -0.2) is 4.79 Å². The molecule has 0 saturated carbocycles. The summed E-state index contributed by atoms with van der Waals surface area (Å²) in [4.78, 5) is 26.4. The number of fused-ring (bicyclic) bond motifs is 1. The van der Waals surface area contributed by atoms with Gasteiger partial charge in [0.15, 0.2) is 6.10 Å². The number of hydrogen-bond donors (Lipinski definition) is 0. The van der Waals surface area contributed by atoms with Crippen molar-refractivity contribution in [3.8, 4) is 0 Å². The standard InChI is InChI=1S/C18H15Cl2NO3/c1-11(24-18(23)13-6-7-14(19)15(20)10-13)17(22)21-9-8-12-4-2-3-5-16(12)21/h2-7,10-11H,8-9H2,1H3/t11-/m0/s1. The van der Waals surface area contributed by atoms with Gasteiger partial charge in [0, 0.05) is 12.2 Å². The molecule has 4 nitrogen and oxygen atoms in total. The zero-order valence-electron chi connectivity index (χ0n) is 13.0. The van der Waals surface area contributed by atoms with Crippen LogP contribution in [0.3, 0.4) is 0 Å². The van der Waals surface area contributed by atoms with Gasteiger partial charge in [-0.05, 0) is 43.2 Å². The molecule has 0 unspecified atom stereocenters. The van der Waals surface area contributed by atoms with Crippen LogP contribution in [0.25, 0.3) is 0 Å². The molecule has 0 N–H and O–H groups in total. The maximum absolute atomic E-state index is 12.6. The second kappa shape index (κ2) is 6.83. The van der Waals surface area contributed by atoms with E-state index in [0.29, 0.717) is 11.6 Å². The van der Waals surface area contributed by atoms with Crippen LogP contribution < -0.4 is 4.90 Å². The molecule has 1 atom stereocenters. The molecule has 1 heterocycles. The number of rotatable bonds is 3. The minimum absolute atomic E-state index is 0.242. The van der Waals surface area contributed by atoms with Gasteiger partial charge in [0.2, 0.25) is 0 Å². The van der Waals surface area contributed by atoms with Crippen molar-refractivity contribution in [1.29, 1.82) is 0 Å². The number of nitrogens with zero attached hydrogens (tertiary/aromatic N) is 1. The summed E-state index contributed by atoms with van der Waals surface area (Å²) in [6, 6.07) is 12.2. The summed E-state index contributed by atoms with van der Waals surface area (Å²) in [5, 5.41) is 0.615. The first kappa shape index (κ1) is 16.8. The van der Waals surface area contributed by atoms with Crippen LogP contribution in [0.2, 0.25) is 10.0 Å². The number of halogens is 2. The highest BCUT2D eigenvalue weighted by molar-refractivity contribution is 6.42. The lowest BCUT2D eigenvalue weighted by Gasteiger charge is -2.21. The lowest BCUT2D eigenvalue weighted by molar-refractivity contribution is -0.126. The Labute approximate surface area is 149 Å². The van der Waals surface area contributed by atoms with Crippen molar-refractivity contribution in [2.45, 2.75) is 19.4 Å². The molecule has 0 fully saturated rings. The number of carbonyl (C=O) groups is 2. The van der Waals surface area contributed by atoms with Crippen LogP contribution in [0.1, 0.15) is 22.8 Å². The molecule has 0 spiro atoms. The van der Waals surface area contributed by atoms with Gasteiger partial charge < -0.3 is 9.64 Å². The number of anilines is 1. The number of amides is 1. The molecule has 2 aromatic carbocycles. The summed E-state index contributed by atoms with van der Waals surface area (Å²) in [6.45, 7) is 2.16. The van der Waals surface area contributed by atoms with E-state index < -0.39 is 12.1 Å². The molecule has 1 amide bonds. The van der Waals surface area contributed by atoms with E-state index in [1.54, 1.807) is 11.8 Å². The summed E-state index contributed by atoms with van der Waals surface area (Å²) in [5.41, 5.74) is 2.25. The second-order valence-corrected chi connectivity index (χ2v) is 6.36. The van der Waals surface area contributed by atoms with Crippen molar-refractivity contribution in [3.63, 3.8) is 0 Å². The summed E-state index contributed by atoms with van der Waals surface area (Å²) in [6.07, 6.45) is -0.0897. The Morgan fingerprint density at radius 3 is 2.62 bits per heavy atom. The zero-order chi connectivity index (χ0) is 17.3. The molecular weight excluding hydrogens is 349 g/mol. The highest BCUT2D eigenvalue weighted by atomic mass is 35.5. The van der Waals surface area contributed by atoms with E-state index >= 15 is 0 Å². The number of hydrogen-bond acceptors (Lipinski definition) is 3. The van der Waals surface area contributed by atoms with E-state index in [9.17, 15) is 9.59 Å². The maximum atomic E-state index is 12.6. The normalized spacial score (nSPS) is 14.2. The Morgan fingerprint density at radius 1 is 1.12 bits per heavy atom. The van der Waals surface area contributed by atoms with Gasteiger partial charge in [0.1, 0.15) is 0 Å². The minimum Gasteiger partial charge on any atom is -0.449 e. The predicted molar refractivity (Wildman–Crippen MR) is 93.8 cm³/mol. The Bertz CT molecular complexity index is 807. The average Bonchev–Trinajstić information content (AvgIpc) is 3.00. The SMILES string of the molecule is C[C@H](OC(=O)c1ccc(Cl)c(Cl)c1)C(=O)N1CCc2ccccc21. The van der Waals surface area contributed by atoms with Gasteiger partial charge in [-0.1, -0.05) is 41.4 Å². The lowest BCUT2D eigenvalue weighted by Crippen LogP contribution is -2.39. The molecule has 3 rings (SSSR count). The monoisotopic (exact) mass is 363 g/mol. The van der Waals surface area contributed by atoms with E-state index in [-0.39, 0.29) is 16.5 Å². The fourth-order valence-corrected chi connectivity index (χ4v) is 2.99. The Balaban J connectivity index is 1.70. The number of benzene rings is 2. The summed E-state index contributed by atoms with van der Waals surface area (Å²) in [5.74, 6) is -0.852. The molecule has 1 aliphatic heterocycles. The molecule has 1 aliphatic rings. The summed E-state index contributed by atoms with van der Waals surface area (Å²) < 4.78 is 5.29. The van der Waals surface area contributed by atoms with Crippen molar-refractivity contribution in [1.82, 2.24) is 0 Å². The van der Waals surface area contributed by atoms with Gasteiger partial charge in [-0.3, -0.25) is 4.79 Å². The minimum atomic E-state index is -0.891. The van der Waals surface area contributed by atoms with Gasteiger partial charge in [-0.2, -0.15) is 0 Å². The molecule has 0 radical (unpaired) electrons. The van der Waals surface area contributed by atoms with Crippen LogP contribution in [-0.2, 0) is 16.0 Å². The topological polar surface area (TPSA) is 46.6 Å². The van der Waals surface area contributed by atoms with Crippen molar-refractivity contribution in [2.24, 2.45) is 0 Å².